The molecule has 0 atom stereocenters. The summed E-state index contributed by atoms with van der Waals surface area (Å²) in [6.07, 6.45) is 0. The molecule has 1 amide bonds. The Labute approximate surface area is 181 Å². The molecule has 146 valence electrons. The number of carbonyl (C=O) groups excluding carboxylic acids is 1. The molecule has 0 saturated heterocycles. The minimum atomic E-state index is -0.115. The molecule has 6 nitrogen and oxygen atoms in total. The summed E-state index contributed by atoms with van der Waals surface area (Å²) in [5, 5.41) is 9.69. The number of nitrogens with zero attached hydrogens (tertiary/aromatic N) is 1. The zero-order valence-electron chi connectivity index (χ0n) is 15.3. The number of guanidine groups is 1. The quantitative estimate of drug-likeness (QED) is 0.309. The third-order valence-corrected chi connectivity index (χ3v) is 3.91. The highest BCUT2D eigenvalue weighted by atomic mass is 127. The molecule has 0 unspecified atom stereocenters. The molecule has 0 aliphatic heterocycles. The number of carbonyl (C=O) groups is 1. The van der Waals surface area contributed by atoms with E-state index in [0.29, 0.717) is 24.1 Å². The molecule has 2 rings (SSSR count). The topological polar surface area (TPSA) is 74.8 Å². The minimum absolute atomic E-state index is 0. The van der Waals surface area contributed by atoms with Crippen LogP contribution in [0.4, 0.5) is 0 Å². The van der Waals surface area contributed by atoms with E-state index in [1.807, 2.05) is 48.5 Å². The predicted octanol–water partition coefficient (Wildman–Crippen LogP) is 2.95. The number of benzene rings is 2. The summed E-state index contributed by atoms with van der Waals surface area (Å²) in [5.41, 5.74) is 2.07. The highest BCUT2D eigenvalue weighted by molar-refractivity contribution is 14.0. The average molecular weight is 503 g/mol. The van der Waals surface area contributed by atoms with Gasteiger partial charge in [-0.3, -0.25) is 9.79 Å². The number of amides is 1. The molecule has 27 heavy (non-hydrogen) atoms. The van der Waals surface area contributed by atoms with Crippen LogP contribution in [0.1, 0.15) is 11.1 Å². The summed E-state index contributed by atoms with van der Waals surface area (Å²) in [5.74, 6) is 1.23. The van der Waals surface area contributed by atoms with Crippen molar-refractivity contribution in [1.82, 2.24) is 16.0 Å². The van der Waals surface area contributed by atoms with E-state index in [-0.39, 0.29) is 36.4 Å². The molecule has 0 spiro atoms. The monoisotopic (exact) mass is 502 g/mol. The van der Waals surface area contributed by atoms with Crippen LogP contribution in [0.25, 0.3) is 0 Å². The first-order valence-corrected chi connectivity index (χ1v) is 8.57. The summed E-state index contributed by atoms with van der Waals surface area (Å²) in [6.45, 7) is 1.18. The van der Waals surface area contributed by atoms with Gasteiger partial charge in [0, 0.05) is 25.2 Å². The van der Waals surface area contributed by atoms with E-state index in [2.05, 4.69) is 20.9 Å². The van der Waals surface area contributed by atoms with Crippen molar-refractivity contribution in [3.05, 3.63) is 64.7 Å². The van der Waals surface area contributed by atoms with Crippen molar-refractivity contribution in [1.29, 1.82) is 0 Å². The molecular formula is C19H24ClIN4O2. The van der Waals surface area contributed by atoms with Crippen molar-refractivity contribution in [3.63, 3.8) is 0 Å². The van der Waals surface area contributed by atoms with Crippen LogP contribution >= 0.6 is 35.6 Å². The number of hydrogen-bond acceptors (Lipinski definition) is 3. The maximum absolute atomic E-state index is 12.0. The molecular weight excluding hydrogens is 479 g/mol. The lowest BCUT2D eigenvalue weighted by Crippen LogP contribution is -2.42. The van der Waals surface area contributed by atoms with E-state index in [9.17, 15) is 4.79 Å². The molecule has 2 aromatic rings. The van der Waals surface area contributed by atoms with Gasteiger partial charge < -0.3 is 20.7 Å². The van der Waals surface area contributed by atoms with Crippen molar-refractivity contribution in [3.8, 4) is 5.75 Å². The molecule has 0 aromatic heterocycles. The highest BCUT2D eigenvalue weighted by Crippen LogP contribution is 2.11. The van der Waals surface area contributed by atoms with E-state index < -0.39 is 0 Å². The minimum Gasteiger partial charge on any atom is -0.497 e. The Bertz CT molecular complexity index is 736. The largest absolute Gasteiger partial charge is 0.497 e. The van der Waals surface area contributed by atoms with Crippen LogP contribution in [0.5, 0.6) is 5.75 Å². The number of hydrogen-bond donors (Lipinski definition) is 3. The van der Waals surface area contributed by atoms with E-state index in [1.165, 1.54) is 0 Å². The second-order valence-electron chi connectivity index (χ2n) is 5.53. The van der Waals surface area contributed by atoms with Crippen molar-refractivity contribution in [2.45, 2.75) is 13.1 Å². The van der Waals surface area contributed by atoms with Gasteiger partial charge in [0.2, 0.25) is 5.91 Å². The van der Waals surface area contributed by atoms with Gasteiger partial charge in [0.25, 0.3) is 0 Å². The third kappa shape index (κ3) is 8.49. The van der Waals surface area contributed by atoms with Gasteiger partial charge in [-0.05, 0) is 35.4 Å². The molecule has 0 saturated carbocycles. The SMILES string of the molecule is CN=C(NCC(=O)NCc1ccc(OC)cc1)NCc1ccc(Cl)cc1.I. The average Bonchev–Trinajstić information content (AvgIpc) is 2.68. The lowest BCUT2D eigenvalue weighted by atomic mass is 10.2. The maximum Gasteiger partial charge on any atom is 0.239 e. The van der Waals surface area contributed by atoms with Crippen LogP contribution in [0.15, 0.2) is 53.5 Å². The van der Waals surface area contributed by atoms with Crippen molar-refractivity contribution in [2.24, 2.45) is 4.99 Å². The number of methoxy groups -OCH3 is 1. The summed E-state index contributed by atoms with van der Waals surface area (Å²) in [6, 6.07) is 15.1. The second-order valence-corrected chi connectivity index (χ2v) is 5.97. The highest BCUT2D eigenvalue weighted by Gasteiger charge is 2.04. The third-order valence-electron chi connectivity index (χ3n) is 3.66. The van der Waals surface area contributed by atoms with Gasteiger partial charge in [-0.1, -0.05) is 35.9 Å². The van der Waals surface area contributed by atoms with Gasteiger partial charge >= 0.3 is 0 Å². The number of rotatable bonds is 7. The Morgan fingerprint density at radius 1 is 0.963 bits per heavy atom. The Kier molecular flexibility index (Phi) is 10.6. The van der Waals surface area contributed by atoms with E-state index in [1.54, 1.807) is 14.2 Å². The van der Waals surface area contributed by atoms with Crippen molar-refractivity contribution >= 4 is 47.4 Å². The Hall–Kier alpha value is -2.00. The Morgan fingerprint density at radius 3 is 2.07 bits per heavy atom. The number of halogens is 2. The number of ether oxygens (including phenoxy) is 1. The molecule has 0 aliphatic carbocycles. The Morgan fingerprint density at radius 2 is 1.52 bits per heavy atom. The van der Waals surface area contributed by atoms with E-state index in [0.717, 1.165) is 16.9 Å². The fraction of sp³-hybridized carbons (Fsp3) is 0.263. The van der Waals surface area contributed by atoms with Crippen LogP contribution < -0.4 is 20.7 Å². The molecule has 8 heteroatoms. The summed E-state index contributed by atoms with van der Waals surface area (Å²) in [4.78, 5) is 16.1. The normalized spacial score (nSPS) is 10.6. The molecule has 0 radical (unpaired) electrons. The predicted molar refractivity (Wildman–Crippen MR) is 120 cm³/mol. The van der Waals surface area contributed by atoms with Crippen LogP contribution in [-0.4, -0.2) is 32.6 Å². The van der Waals surface area contributed by atoms with Crippen LogP contribution in [-0.2, 0) is 17.9 Å². The van der Waals surface area contributed by atoms with Crippen LogP contribution in [0.2, 0.25) is 5.02 Å². The first-order chi connectivity index (χ1) is 12.6. The first-order valence-electron chi connectivity index (χ1n) is 8.19. The summed E-state index contributed by atoms with van der Waals surface area (Å²) < 4.78 is 5.11. The molecule has 0 aliphatic rings. The van der Waals surface area contributed by atoms with Gasteiger partial charge in [-0.2, -0.15) is 0 Å². The zero-order valence-corrected chi connectivity index (χ0v) is 18.4. The standard InChI is InChI=1S/C19H23ClN4O2.HI/c1-21-19(23-12-14-3-7-16(20)8-4-14)24-13-18(25)22-11-15-5-9-17(26-2)10-6-15;/h3-10H,11-13H2,1-2H3,(H,22,25)(H2,21,23,24);1H. The fourth-order valence-electron chi connectivity index (χ4n) is 2.18. The molecule has 0 bridgehead atoms. The van der Waals surface area contributed by atoms with Crippen molar-refractivity contribution < 1.29 is 9.53 Å². The number of aliphatic imine (C=N–C) groups is 1. The lowest BCUT2D eigenvalue weighted by Gasteiger charge is -2.12. The lowest BCUT2D eigenvalue weighted by molar-refractivity contribution is -0.120. The second kappa shape index (κ2) is 12.4. The summed E-state index contributed by atoms with van der Waals surface area (Å²) >= 11 is 5.87. The fourth-order valence-corrected chi connectivity index (χ4v) is 2.31. The molecule has 3 N–H and O–H groups in total. The van der Waals surface area contributed by atoms with Crippen LogP contribution in [0.3, 0.4) is 0 Å². The van der Waals surface area contributed by atoms with Gasteiger partial charge in [0.05, 0.1) is 13.7 Å². The smallest absolute Gasteiger partial charge is 0.239 e. The number of nitrogens with one attached hydrogen (secondary N) is 3. The van der Waals surface area contributed by atoms with Gasteiger partial charge in [0.1, 0.15) is 5.75 Å². The van der Waals surface area contributed by atoms with Gasteiger partial charge in [-0.15, -0.1) is 24.0 Å². The van der Waals surface area contributed by atoms with E-state index in [4.69, 9.17) is 16.3 Å². The zero-order chi connectivity index (χ0) is 18.8. The molecule has 2 aromatic carbocycles. The maximum atomic E-state index is 12.0. The first kappa shape index (κ1) is 23.0. The van der Waals surface area contributed by atoms with E-state index >= 15 is 0 Å². The Balaban J connectivity index is 0.00000364. The summed E-state index contributed by atoms with van der Waals surface area (Å²) in [7, 11) is 3.28. The van der Waals surface area contributed by atoms with Gasteiger partial charge in [0.15, 0.2) is 5.96 Å². The molecule has 0 heterocycles. The molecule has 0 fully saturated rings. The van der Waals surface area contributed by atoms with Gasteiger partial charge in [-0.25, -0.2) is 0 Å². The van der Waals surface area contributed by atoms with Crippen molar-refractivity contribution in [2.75, 3.05) is 20.7 Å². The van der Waals surface area contributed by atoms with Crippen LogP contribution in [0, 0.1) is 0 Å².